The molecule has 1 N–H and O–H groups in total. The molecule has 2 fully saturated rings. The second kappa shape index (κ2) is 11.1. The molecule has 34 heavy (non-hydrogen) atoms. The van der Waals surface area contributed by atoms with Crippen molar-refractivity contribution in [2.45, 2.75) is 55.6 Å². The Balaban J connectivity index is 1.23. The number of carbonyl (C=O) groups excluding carboxylic acids is 1. The topological polar surface area (TPSA) is 88.6 Å². The molecule has 1 aromatic carbocycles. The number of nitrogens with zero attached hydrogens (tertiary/aromatic N) is 2. The molecule has 0 atom stereocenters. The summed E-state index contributed by atoms with van der Waals surface area (Å²) in [5.74, 6) is -0.00620. The average molecular weight is 591 g/mol. The first-order valence-corrected chi connectivity index (χ1v) is 14.3. The van der Waals surface area contributed by atoms with Gasteiger partial charge in [-0.15, -0.1) is 0 Å². The number of amides is 1. The maximum atomic E-state index is 12.6. The standard InChI is InChI=1S/C23H26BrCl2N3O4S/c24-22-8-6-19(14-27-22)34(31,32)28-23(30)15-1-3-16(4-2-15)29-11-9-17(10-12-29)33-18-5-7-20(25)21(26)13-18/h5-8,13-17H,1-4,9-12H2,(H,28,30)/t15-,16-. The largest absolute Gasteiger partial charge is 0.490 e. The molecule has 0 spiro atoms. The molecule has 2 heterocycles. The quantitative estimate of drug-likeness (QED) is 0.473. The summed E-state index contributed by atoms with van der Waals surface area (Å²) >= 11 is 15.2. The molecular formula is C23H26BrCl2N3O4S. The zero-order valence-electron chi connectivity index (χ0n) is 18.4. The summed E-state index contributed by atoms with van der Waals surface area (Å²) in [6.45, 7) is 1.86. The van der Waals surface area contributed by atoms with Crippen molar-refractivity contribution in [1.29, 1.82) is 0 Å². The molecule has 1 amide bonds. The Kier molecular flexibility index (Phi) is 8.40. The fourth-order valence-corrected chi connectivity index (χ4v) is 6.11. The first-order valence-electron chi connectivity index (χ1n) is 11.3. The molecule has 1 aromatic heterocycles. The third-order valence-electron chi connectivity index (χ3n) is 6.50. The third kappa shape index (κ3) is 6.43. The number of hydrogen-bond acceptors (Lipinski definition) is 6. The minimum absolute atomic E-state index is 0.0244. The number of likely N-dealkylation sites (tertiary alicyclic amines) is 1. The van der Waals surface area contributed by atoms with Gasteiger partial charge in [0.15, 0.2) is 0 Å². The van der Waals surface area contributed by atoms with Gasteiger partial charge in [0.05, 0.1) is 10.0 Å². The molecule has 2 aromatic rings. The molecular weight excluding hydrogens is 565 g/mol. The summed E-state index contributed by atoms with van der Waals surface area (Å²) in [6, 6.07) is 8.67. The van der Waals surface area contributed by atoms with Gasteiger partial charge >= 0.3 is 0 Å². The summed E-state index contributed by atoms with van der Waals surface area (Å²) in [4.78, 5) is 19.0. The van der Waals surface area contributed by atoms with E-state index in [1.54, 1.807) is 12.1 Å². The highest BCUT2D eigenvalue weighted by atomic mass is 79.9. The molecule has 1 aliphatic heterocycles. The van der Waals surface area contributed by atoms with Crippen LogP contribution in [0, 0.1) is 5.92 Å². The predicted octanol–water partition coefficient (Wildman–Crippen LogP) is 5.06. The number of piperidine rings is 1. The third-order valence-corrected chi connectivity index (χ3v) is 9.04. The van der Waals surface area contributed by atoms with Gasteiger partial charge in [0.2, 0.25) is 5.91 Å². The van der Waals surface area contributed by atoms with Crippen molar-refractivity contribution < 1.29 is 17.9 Å². The van der Waals surface area contributed by atoms with Crippen LogP contribution in [0.4, 0.5) is 0 Å². The highest BCUT2D eigenvalue weighted by Gasteiger charge is 2.33. The Bertz CT molecular complexity index is 1120. The number of nitrogens with one attached hydrogen (secondary N) is 1. The summed E-state index contributed by atoms with van der Waals surface area (Å²) in [5.41, 5.74) is 0. The van der Waals surface area contributed by atoms with E-state index in [1.165, 1.54) is 18.3 Å². The Morgan fingerprint density at radius 3 is 2.35 bits per heavy atom. The minimum atomic E-state index is -3.92. The van der Waals surface area contributed by atoms with Gasteiger partial charge < -0.3 is 9.64 Å². The van der Waals surface area contributed by atoms with Crippen molar-refractivity contribution in [3.8, 4) is 5.75 Å². The fourth-order valence-electron chi connectivity index (χ4n) is 4.60. The number of hydrogen-bond donors (Lipinski definition) is 1. The zero-order chi connectivity index (χ0) is 24.3. The van der Waals surface area contributed by atoms with E-state index >= 15 is 0 Å². The highest BCUT2D eigenvalue weighted by Crippen LogP contribution is 2.32. The lowest BCUT2D eigenvalue weighted by atomic mass is 9.84. The maximum Gasteiger partial charge on any atom is 0.265 e. The van der Waals surface area contributed by atoms with Gasteiger partial charge in [-0.3, -0.25) is 4.79 Å². The molecule has 0 unspecified atom stereocenters. The van der Waals surface area contributed by atoms with E-state index < -0.39 is 15.9 Å². The number of benzene rings is 1. The van der Waals surface area contributed by atoms with Crippen LogP contribution in [-0.4, -0.2) is 49.4 Å². The molecule has 1 saturated carbocycles. The lowest BCUT2D eigenvalue weighted by Crippen LogP contribution is -2.46. The Morgan fingerprint density at radius 2 is 1.74 bits per heavy atom. The Labute approximate surface area is 218 Å². The molecule has 4 rings (SSSR count). The van der Waals surface area contributed by atoms with E-state index in [9.17, 15) is 13.2 Å². The van der Waals surface area contributed by atoms with Gasteiger partial charge in [0.25, 0.3) is 10.0 Å². The van der Waals surface area contributed by atoms with E-state index in [2.05, 4.69) is 30.5 Å². The highest BCUT2D eigenvalue weighted by molar-refractivity contribution is 9.10. The van der Waals surface area contributed by atoms with Gasteiger partial charge in [-0.2, -0.15) is 0 Å². The van der Waals surface area contributed by atoms with Crippen LogP contribution in [-0.2, 0) is 14.8 Å². The molecule has 0 radical (unpaired) electrons. The zero-order valence-corrected chi connectivity index (χ0v) is 22.3. The van der Waals surface area contributed by atoms with Crippen molar-refractivity contribution in [2.24, 2.45) is 5.92 Å². The molecule has 11 heteroatoms. The normalized spacial score (nSPS) is 22.3. The molecule has 1 aliphatic carbocycles. The Hall–Kier alpha value is -1.39. The van der Waals surface area contributed by atoms with Crippen molar-refractivity contribution in [1.82, 2.24) is 14.6 Å². The molecule has 1 saturated heterocycles. The van der Waals surface area contributed by atoms with Gasteiger partial charge in [-0.25, -0.2) is 18.1 Å². The summed E-state index contributed by atoms with van der Waals surface area (Å²) in [6.07, 6.45) is 6.28. The number of pyridine rings is 1. The lowest BCUT2D eigenvalue weighted by molar-refractivity contribution is -0.124. The number of halogens is 3. The smallest absolute Gasteiger partial charge is 0.265 e. The second-order valence-electron chi connectivity index (χ2n) is 8.72. The molecule has 7 nitrogen and oxygen atoms in total. The number of sulfonamides is 1. The predicted molar refractivity (Wildman–Crippen MR) is 135 cm³/mol. The lowest BCUT2D eigenvalue weighted by Gasteiger charge is -2.40. The van der Waals surface area contributed by atoms with E-state index in [0.29, 0.717) is 33.5 Å². The molecule has 0 bridgehead atoms. The van der Waals surface area contributed by atoms with E-state index in [0.717, 1.165) is 44.5 Å². The summed E-state index contributed by atoms with van der Waals surface area (Å²) < 4.78 is 33.8. The number of aromatic nitrogens is 1. The van der Waals surface area contributed by atoms with Crippen molar-refractivity contribution >= 4 is 55.1 Å². The van der Waals surface area contributed by atoms with Crippen molar-refractivity contribution in [3.63, 3.8) is 0 Å². The number of rotatable bonds is 6. The number of ether oxygens (including phenoxy) is 1. The molecule has 184 valence electrons. The van der Waals surface area contributed by atoms with Crippen LogP contribution < -0.4 is 9.46 Å². The monoisotopic (exact) mass is 589 g/mol. The Morgan fingerprint density at radius 1 is 1.03 bits per heavy atom. The van der Waals surface area contributed by atoms with Gasteiger partial charge in [-0.05, 0) is 78.7 Å². The minimum Gasteiger partial charge on any atom is -0.490 e. The average Bonchev–Trinajstić information content (AvgIpc) is 2.82. The number of carbonyl (C=O) groups is 1. The van der Waals surface area contributed by atoms with Crippen LogP contribution in [0.3, 0.4) is 0 Å². The van der Waals surface area contributed by atoms with Crippen LogP contribution in [0.2, 0.25) is 10.0 Å². The van der Waals surface area contributed by atoms with Crippen molar-refractivity contribution in [2.75, 3.05) is 13.1 Å². The van der Waals surface area contributed by atoms with Crippen LogP contribution >= 0.6 is 39.1 Å². The van der Waals surface area contributed by atoms with E-state index in [4.69, 9.17) is 27.9 Å². The van der Waals surface area contributed by atoms with E-state index in [1.807, 2.05) is 6.07 Å². The first kappa shape index (κ1) is 25.7. The van der Waals surface area contributed by atoms with Crippen LogP contribution in [0.1, 0.15) is 38.5 Å². The summed E-state index contributed by atoms with van der Waals surface area (Å²) in [5, 5.41) is 0.995. The van der Waals surface area contributed by atoms with Crippen molar-refractivity contribution in [3.05, 3.63) is 51.2 Å². The maximum absolute atomic E-state index is 12.6. The van der Waals surface area contributed by atoms with Crippen LogP contribution in [0.25, 0.3) is 0 Å². The van der Waals surface area contributed by atoms with E-state index in [-0.39, 0.29) is 16.9 Å². The SMILES string of the molecule is O=C(NS(=O)(=O)c1ccc(Br)nc1)[C@H]1CC[C@H](N2CCC(Oc3ccc(Cl)c(Cl)c3)CC2)CC1. The fraction of sp³-hybridized carbons (Fsp3) is 0.478. The van der Waals surface area contributed by atoms with Gasteiger partial charge in [0, 0.05) is 37.3 Å². The second-order valence-corrected chi connectivity index (χ2v) is 12.0. The first-order chi connectivity index (χ1) is 16.2. The molecule has 2 aliphatic rings. The van der Waals surface area contributed by atoms with Crippen LogP contribution in [0.15, 0.2) is 46.0 Å². The van der Waals surface area contributed by atoms with Gasteiger partial charge in [0.1, 0.15) is 21.4 Å². The van der Waals surface area contributed by atoms with Crippen LogP contribution in [0.5, 0.6) is 5.75 Å². The van der Waals surface area contributed by atoms with Gasteiger partial charge in [-0.1, -0.05) is 23.2 Å². The summed E-state index contributed by atoms with van der Waals surface area (Å²) in [7, 11) is -3.92.